The Kier molecular flexibility index (Phi) is 3.40. The molecule has 1 atom stereocenters. The summed E-state index contributed by atoms with van der Waals surface area (Å²) in [7, 11) is 0. The summed E-state index contributed by atoms with van der Waals surface area (Å²) < 4.78 is 0. The Balaban J connectivity index is 1.66. The van der Waals surface area contributed by atoms with Crippen molar-refractivity contribution in [2.24, 2.45) is 0 Å². The molecule has 1 amide bonds. The van der Waals surface area contributed by atoms with E-state index in [-0.39, 0.29) is 5.91 Å². The van der Waals surface area contributed by atoms with Crippen LogP contribution in [-0.4, -0.2) is 24.5 Å². The lowest BCUT2D eigenvalue weighted by molar-refractivity contribution is -0.122. The molecule has 14 heavy (non-hydrogen) atoms. The summed E-state index contributed by atoms with van der Waals surface area (Å²) in [5.41, 5.74) is 0. The van der Waals surface area contributed by atoms with Crippen molar-refractivity contribution < 1.29 is 4.79 Å². The van der Waals surface area contributed by atoms with Gasteiger partial charge in [-0.1, -0.05) is 12.8 Å². The smallest absolute Gasteiger partial charge is 0.221 e. The van der Waals surface area contributed by atoms with Crippen molar-refractivity contribution in [2.45, 2.75) is 57.0 Å². The molecule has 1 saturated heterocycles. The van der Waals surface area contributed by atoms with Crippen molar-refractivity contribution in [1.82, 2.24) is 10.6 Å². The molecule has 2 N–H and O–H groups in total. The molecule has 80 valence electrons. The van der Waals surface area contributed by atoms with Crippen LogP contribution in [0.25, 0.3) is 0 Å². The van der Waals surface area contributed by atoms with Crippen LogP contribution in [0.2, 0.25) is 0 Å². The van der Waals surface area contributed by atoms with Gasteiger partial charge in [0.15, 0.2) is 0 Å². The van der Waals surface area contributed by atoms with Gasteiger partial charge in [0.05, 0.1) is 0 Å². The summed E-state index contributed by atoms with van der Waals surface area (Å²) in [6.45, 7) is 1.08. The zero-order chi connectivity index (χ0) is 9.80. The van der Waals surface area contributed by atoms with Crippen LogP contribution in [0, 0.1) is 0 Å². The largest absolute Gasteiger partial charge is 0.353 e. The van der Waals surface area contributed by atoms with Crippen LogP contribution in [0.15, 0.2) is 0 Å². The van der Waals surface area contributed by atoms with E-state index in [0.29, 0.717) is 18.5 Å². The molecule has 3 nitrogen and oxygen atoms in total. The lowest BCUT2D eigenvalue weighted by atomic mass is 10.1. The van der Waals surface area contributed by atoms with Gasteiger partial charge in [-0.05, 0) is 32.2 Å². The minimum atomic E-state index is 0.247. The highest BCUT2D eigenvalue weighted by atomic mass is 16.1. The molecule has 0 aromatic carbocycles. The van der Waals surface area contributed by atoms with Gasteiger partial charge in [0.1, 0.15) is 0 Å². The number of carbonyl (C=O) groups is 1. The van der Waals surface area contributed by atoms with Crippen LogP contribution in [0.5, 0.6) is 0 Å². The molecule has 1 unspecified atom stereocenters. The van der Waals surface area contributed by atoms with Crippen LogP contribution in [0.1, 0.15) is 44.9 Å². The molecule has 2 rings (SSSR count). The third-order valence-electron chi connectivity index (χ3n) is 3.31. The third kappa shape index (κ3) is 2.71. The highest BCUT2D eigenvalue weighted by Crippen LogP contribution is 2.18. The monoisotopic (exact) mass is 196 g/mol. The van der Waals surface area contributed by atoms with Gasteiger partial charge in [-0.2, -0.15) is 0 Å². The van der Waals surface area contributed by atoms with E-state index in [9.17, 15) is 4.79 Å². The summed E-state index contributed by atoms with van der Waals surface area (Å²) in [4.78, 5) is 11.6. The normalized spacial score (nSPS) is 28.1. The van der Waals surface area contributed by atoms with Crippen molar-refractivity contribution in [2.75, 3.05) is 6.54 Å². The predicted molar refractivity (Wildman–Crippen MR) is 56.0 cm³/mol. The number of amides is 1. The standard InChI is InChI=1S/C11H20N2O/c14-11(8-10-6-3-7-12-10)13-9-4-1-2-5-9/h9-10,12H,1-8H2,(H,13,14). The second-order valence-corrected chi connectivity index (χ2v) is 4.55. The van der Waals surface area contributed by atoms with Gasteiger partial charge >= 0.3 is 0 Å². The maximum Gasteiger partial charge on any atom is 0.221 e. The first kappa shape index (κ1) is 9.97. The summed E-state index contributed by atoms with van der Waals surface area (Å²) in [6.07, 6.45) is 8.00. The highest BCUT2D eigenvalue weighted by molar-refractivity contribution is 5.76. The Morgan fingerprint density at radius 2 is 2.00 bits per heavy atom. The van der Waals surface area contributed by atoms with E-state index in [1.165, 1.54) is 32.1 Å². The summed E-state index contributed by atoms with van der Waals surface area (Å²) in [6, 6.07) is 0.917. The van der Waals surface area contributed by atoms with Crippen molar-refractivity contribution >= 4 is 5.91 Å². The average Bonchev–Trinajstić information content (AvgIpc) is 2.76. The predicted octanol–water partition coefficient (Wildman–Crippen LogP) is 1.19. The first-order chi connectivity index (χ1) is 6.84. The first-order valence-electron chi connectivity index (χ1n) is 5.87. The quantitative estimate of drug-likeness (QED) is 0.712. The fourth-order valence-corrected chi connectivity index (χ4v) is 2.51. The Bertz CT molecular complexity index is 173. The van der Waals surface area contributed by atoms with Gasteiger partial charge in [0, 0.05) is 18.5 Å². The molecular formula is C11H20N2O. The maximum absolute atomic E-state index is 11.6. The molecule has 0 spiro atoms. The summed E-state index contributed by atoms with van der Waals surface area (Å²) in [5.74, 6) is 0.247. The van der Waals surface area contributed by atoms with Crippen molar-refractivity contribution in [1.29, 1.82) is 0 Å². The molecule has 0 aromatic heterocycles. The average molecular weight is 196 g/mol. The SMILES string of the molecule is O=C(CC1CCCN1)NC1CCCC1. The van der Waals surface area contributed by atoms with Gasteiger partial charge in [0.2, 0.25) is 5.91 Å². The molecule has 0 bridgehead atoms. The van der Waals surface area contributed by atoms with Crippen LogP contribution in [0.3, 0.4) is 0 Å². The second kappa shape index (κ2) is 4.78. The lowest BCUT2D eigenvalue weighted by Crippen LogP contribution is -2.36. The Morgan fingerprint density at radius 3 is 2.64 bits per heavy atom. The summed E-state index contributed by atoms with van der Waals surface area (Å²) >= 11 is 0. The Morgan fingerprint density at radius 1 is 1.21 bits per heavy atom. The molecule has 0 aromatic rings. The second-order valence-electron chi connectivity index (χ2n) is 4.55. The van der Waals surface area contributed by atoms with Gasteiger partial charge in [-0.15, -0.1) is 0 Å². The fraction of sp³-hybridized carbons (Fsp3) is 0.909. The highest BCUT2D eigenvalue weighted by Gasteiger charge is 2.21. The molecule has 1 heterocycles. The van der Waals surface area contributed by atoms with Crippen LogP contribution < -0.4 is 10.6 Å². The van der Waals surface area contributed by atoms with Crippen LogP contribution >= 0.6 is 0 Å². The van der Waals surface area contributed by atoms with Gasteiger partial charge in [0.25, 0.3) is 0 Å². The van der Waals surface area contributed by atoms with Crippen LogP contribution in [-0.2, 0) is 4.79 Å². The first-order valence-corrected chi connectivity index (χ1v) is 5.87. The summed E-state index contributed by atoms with van der Waals surface area (Å²) in [5, 5.41) is 6.48. The number of rotatable bonds is 3. The fourth-order valence-electron chi connectivity index (χ4n) is 2.51. The third-order valence-corrected chi connectivity index (χ3v) is 3.31. The van der Waals surface area contributed by atoms with E-state index in [0.717, 1.165) is 13.0 Å². The Labute approximate surface area is 85.6 Å². The zero-order valence-electron chi connectivity index (χ0n) is 8.72. The van der Waals surface area contributed by atoms with Crippen molar-refractivity contribution in [3.63, 3.8) is 0 Å². The van der Waals surface area contributed by atoms with E-state index in [2.05, 4.69) is 10.6 Å². The Hall–Kier alpha value is -0.570. The molecule has 3 heteroatoms. The molecule has 2 aliphatic rings. The molecule has 1 aliphatic carbocycles. The van der Waals surface area contributed by atoms with Gasteiger partial charge in [-0.25, -0.2) is 0 Å². The zero-order valence-corrected chi connectivity index (χ0v) is 8.72. The number of nitrogens with one attached hydrogen (secondary N) is 2. The van der Waals surface area contributed by atoms with Gasteiger partial charge < -0.3 is 10.6 Å². The van der Waals surface area contributed by atoms with Crippen molar-refractivity contribution in [3.05, 3.63) is 0 Å². The number of carbonyl (C=O) groups excluding carboxylic acids is 1. The maximum atomic E-state index is 11.6. The van der Waals surface area contributed by atoms with Crippen LogP contribution in [0.4, 0.5) is 0 Å². The molecular weight excluding hydrogens is 176 g/mol. The molecule has 0 radical (unpaired) electrons. The molecule has 1 aliphatic heterocycles. The van der Waals surface area contributed by atoms with E-state index < -0.39 is 0 Å². The van der Waals surface area contributed by atoms with Gasteiger partial charge in [-0.3, -0.25) is 4.79 Å². The van der Waals surface area contributed by atoms with E-state index in [1.807, 2.05) is 0 Å². The van der Waals surface area contributed by atoms with E-state index in [4.69, 9.17) is 0 Å². The minimum absolute atomic E-state index is 0.247. The van der Waals surface area contributed by atoms with E-state index >= 15 is 0 Å². The number of hydrogen-bond acceptors (Lipinski definition) is 2. The number of hydrogen-bond donors (Lipinski definition) is 2. The van der Waals surface area contributed by atoms with Crippen molar-refractivity contribution in [3.8, 4) is 0 Å². The molecule has 2 fully saturated rings. The lowest BCUT2D eigenvalue weighted by Gasteiger charge is -2.14. The topological polar surface area (TPSA) is 41.1 Å². The van der Waals surface area contributed by atoms with E-state index in [1.54, 1.807) is 0 Å². The molecule has 1 saturated carbocycles. The minimum Gasteiger partial charge on any atom is -0.353 e.